The quantitative estimate of drug-likeness (QED) is 0.451. The molecule has 0 amide bonds. The minimum atomic E-state index is -0.373. The van der Waals surface area contributed by atoms with Gasteiger partial charge in [-0.15, -0.1) is 0 Å². The van der Waals surface area contributed by atoms with Gasteiger partial charge in [0, 0.05) is 6.04 Å². The van der Waals surface area contributed by atoms with Crippen LogP contribution in [-0.2, 0) is 0 Å². The molecule has 0 bridgehead atoms. The van der Waals surface area contributed by atoms with Crippen molar-refractivity contribution < 1.29 is 0 Å². The predicted molar refractivity (Wildman–Crippen MR) is 33.4 cm³/mol. The van der Waals surface area contributed by atoms with Gasteiger partial charge >= 0.3 is 0 Å². The van der Waals surface area contributed by atoms with Crippen LogP contribution >= 0.6 is 0 Å². The van der Waals surface area contributed by atoms with Gasteiger partial charge < -0.3 is 5.32 Å². The van der Waals surface area contributed by atoms with E-state index in [1.54, 1.807) is 6.92 Å². The molecule has 1 aliphatic heterocycles. The zero-order valence-corrected chi connectivity index (χ0v) is 4.97. The maximum Gasteiger partial charge on any atom is 0.179 e. The minimum absolute atomic E-state index is 0.373. The van der Waals surface area contributed by atoms with Crippen molar-refractivity contribution in [3.63, 3.8) is 0 Å². The zero-order valence-electron chi connectivity index (χ0n) is 4.97. The number of nitrogens with zero attached hydrogens (tertiary/aromatic N) is 2. The molecule has 9 heavy (non-hydrogen) atoms. The van der Waals surface area contributed by atoms with Gasteiger partial charge in [0.15, 0.2) is 6.04 Å². The lowest BCUT2D eigenvalue weighted by molar-refractivity contribution is 0.904. The highest BCUT2D eigenvalue weighted by atomic mass is 15.0. The highest BCUT2D eigenvalue weighted by molar-refractivity contribution is 5.82. The second kappa shape index (κ2) is 2.19. The maximum atomic E-state index is 8.34. The van der Waals surface area contributed by atoms with E-state index in [-0.39, 0.29) is 6.04 Å². The summed E-state index contributed by atoms with van der Waals surface area (Å²) < 4.78 is 0. The van der Waals surface area contributed by atoms with Crippen LogP contribution in [0.4, 0.5) is 0 Å². The van der Waals surface area contributed by atoms with Crippen LogP contribution in [0.2, 0.25) is 0 Å². The summed E-state index contributed by atoms with van der Waals surface area (Å²) in [7, 11) is 0. The van der Waals surface area contributed by atoms with E-state index in [2.05, 4.69) is 22.3 Å². The molecule has 0 saturated heterocycles. The average Bonchev–Trinajstić information content (AvgIpc) is 1.88. The second-order valence-electron chi connectivity index (χ2n) is 1.66. The van der Waals surface area contributed by atoms with Crippen LogP contribution in [0.1, 0.15) is 6.92 Å². The summed E-state index contributed by atoms with van der Waals surface area (Å²) in [4.78, 5) is 3.72. The number of rotatable bonds is 0. The van der Waals surface area contributed by atoms with Gasteiger partial charge in [0.2, 0.25) is 0 Å². The Labute approximate surface area is 53.4 Å². The fourth-order valence-corrected chi connectivity index (χ4v) is 0.522. The van der Waals surface area contributed by atoms with E-state index < -0.39 is 0 Å². The molecule has 0 aromatic rings. The molecule has 44 valence electrons. The second-order valence-corrected chi connectivity index (χ2v) is 1.66. The molecule has 0 fully saturated rings. The Kier molecular flexibility index (Phi) is 1.38. The smallest absolute Gasteiger partial charge is 0.179 e. The Morgan fingerprint density at radius 2 is 2.67 bits per heavy atom. The van der Waals surface area contributed by atoms with E-state index in [1.807, 2.05) is 6.07 Å². The molecule has 0 saturated carbocycles. The summed E-state index contributed by atoms with van der Waals surface area (Å²) in [5.41, 5.74) is 0. The van der Waals surface area contributed by atoms with Gasteiger partial charge in [0.1, 0.15) is 11.9 Å². The number of nitriles is 1. The highest BCUT2D eigenvalue weighted by Crippen LogP contribution is 1.84. The Balaban J connectivity index is 2.72. The Bertz CT molecular complexity index is 235. The number of hydrogen-bond acceptors (Lipinski definition) is 3. The monoisotopic (exact) mass is 119 g/mol. The van der Waals surface area contributed by atoms with Gasteiger partial charge in [0.25, 0.3) is 0 Å². The first-order chi connectivity index (χ1) is 4.33. The van der Waals surface area contributed by atoms with Crippen molar-refractivity contribution in [1.29, 1.82) is 5.26 Å². The summed E-state index contributed by atoms with van der Waals surface area (Å²) in [5, 5.41) is 11.1. The number of amidine groups is 1. The van der Waals surface area contributed by atoms with Gasteiger partial charge in [-0.25, -0.2) is 0 Å². The summed E-state index contributed by atoms with van der Waals surface area (Å²) >= 11 is 0. The third-order valence-electron chi connectivity index (χ3n) is 0.915. The molecule has 1 rings (SSSR count). The van der Waals surface area contributed by atoms with Crippen LogP contribution in [-0.4, -0.2) is 11.9 Å². The van der Waals surface area contributed by atoms with Crippen LogP contribution in [0.25, 0.3) is 0 Å². The number of aliphatic imine (C=N–C) groups is 1. The van der Waals surface area contributed by atoms with Crippen molar-refractivity contribution in [2.24, 2.45) is 4.99 Å². The van der Waals surface area contributed by atoms with Gasteiger partial charge in [-0.3, -0.25) is 0 Å². The first kappa shape index (κ1) is 5.65. The summed E-state index contributed by atoms with van der Waals surface area (Å²) in [6, 6.07) is 4.08. The van der Waals surface area contributed by atoms with E-state index in [9.17, 15) is 0 Å². The van der Waals surface area contributed by atoms with E-state index in [1.165, 1.54) is 0 Å². The molecule has 1 aliphatic rings. The van der Waals surface area contributed by atoms with Crippen molar-refractivity contribution in [3.8, 4) is 18.0 Å². The number of hydrogen-bond donors (Lipinski definition) is 1. The molecule has 0 spiro atoms. The Hall–Kier alpha value is -1.48. The average molecular weight is 119 g/mol. The van der Waals surface area contributed by atoms with Gasteiger partial charge in [-0.1, -0.05) is 0 Å². The van der Waals surface area contributed by atoms with Crippen molar-refractivity contribution in [1.82, 2.24) is 5.32 Å². The largest absolute Gasteiger partial charge is 0.348 e. The highest BCUT2D eigenvalue weighted by Gasteiger charge is 2.04. The SMILES string of the molecule is CC1=NC#CC(C#N)N1. The van der Waals surface area contributed by atoms with Crippen molar-refractivity contribution >= 4 is 5.84 Å². The lowest BCUT2D eigenvalue weighted by Crippen LogP contribution is -2.32. The molecule has 1 atom stereocenters. The molecule has 0 aromatic heterocycles. The molecular weight excluding hydrogens is 114 g/mol. The lowest BCUT2D eigenvalue weighted by Gasteiger charge is -2.06. The molecule has 0 aromatic carbocycles. The predicted octanol–water partition coefficient (Wildman–Crippen LogP) is -0.139. The summed E-state index contributed by atoms with van der Waals surface area (Å²) in [5.74, 6) is 3.30. The first-order valence-corrected chi connectivity index (χ1v) is 2.54. The van der Waals surface area contributed by atoms with Gasteiger partial charge in [0.05, 0.1) is 0 Å². The van der Waals surface area contributed by atoms with Gasteiger partial charge in [-0.05, 0) is 12.8 Å². The minimum Gasteiger partial charge on any atom is -0.348 e. The van der Waals surface area contributed by atoms with Crippen LogP contribution in [0.3, 0.4) is 0 Å². The fourth-order valence-electron chi connectivity index (χ4n) is 0.522. The van der Waals surface area contributed by atoms with E-state index in [4.69, 9.17) is 5.26 Å². The standard InChI is InChI=1S/C6H5N3/c1-5-8-3-2-6(4-7)9-5/h6H,1H3,(H,8,9). The molecule has 3 heteroatoms. The molecular formula is C6H5N3. The third kappa shape index (κ3) is 1.20. The van der Waals surface area contributed by atoms with Crippen LogP contribution in [0, 0.1) is 23.3 Å². The molecule has 3 nitrogen and oxygen atoms in total. The Morgan fingerprint density at radius 3 is 3.11 bits per heavy atom. The first-order valence-electron chi connectivity index (χ1n) is 2.54. The van der Waals surface area contributed by atoms with Crippen LogP contribution < -0.4 is 5.32 Å². The number of nitrogens with one attached hydrogen (secondary N) is 1. The van der Waals surface area contributed by atoms with E-state index in [0.717, 1.165) is 0 Å². The van der Waals surface area contributed by atoms with Gasteiger partial charge in [-0.2, -0.15) is 10.3 Å². The van der Waals surface area contributed by atoms with Crippen molar-refractivity contribution in [2.45, 2.75) is 13.0 Å². The van der Waals surface area contributed by atoms with Crippen LogP contribution in [0.5, 0.6) is 0 Å². The topological polar surface area (TPSA) is 48.2 Å². The van der Waals surface area contributed by atoms with E-state index >= 15 is 0 Å². The van der Waals surface area contributed by atoms with Crippen LogP contribution in [0.15, 0.2) is 4.99 Å². The lowest BCUT2D eigenvalue weighted by atomic mass is 10.3. The molecule has 1 heterocycles. The van der Waals surface area contributed by atoms with Crippen molar-refractivity contribution in [3.05, 3.63) is 0 Å². The molecule has 0 radical (unpaired) electrons. The fraction of sp³-hybridized carbons (Fsp3) is 0.333. The maximum absolute atomic E-state index is 8.34. The Morgan fingerprint density at radius 1 is 1.89 bits per heavy atom. The molecule has 1 unspecified atom stereocenters. The van der Waals surface area contributed by atoms with E-state index in [0.29, 0.717) is 5.84 Å². The summed E-state index contributed by atoms with van der Waals surface area (Å²) in [6.45, 7) is 1.78. The van der Waals surface area contributed by atoms with Crippen molar-refractivity contribution in [2.75, 3.05) is 0 Å². The third-order valence-corrected chi connectivity index (χ3v) is 0.915. The zero-order chi connectivity index (χ0) is 6.69. The summed E-state index contributed by atoms with van der Waals surface area (Å²) in [6.07, 6.45) is 0. The molecule has 1 N–H and O–H groups in total. The molecule has 0 aliphatic carbocycles. The normalized spacial score (nSPS) is 22.2.